The molecule has 6 heteroatoms. The molecule has 2 aromatic heterocycles. The summed E-state index contributed by atoms with van der Waals surface area (Å²) >= 11 is 0. The lowest BCUT2D eigenvalue weighted by molar-refractivity contribution is 0.0475. The first-order valence-electron chi connectivity index (χ1n) is 9.56. The lowest BCUT2D eigenvalue weighted by Gasteiger charge is -2.07. The predicted molar refractivity (Wildman–Crippen MR) is 113 cm³/mol. The molecule has 6 nitrogen and oxygen atoms in total. The van der Waals surface area contributed by atoms with E-state index in [4.69, 9.17) is 10.00 Å². The summed E-state index contributed by atoms with van der Waals surface area (Å²) in [6, 6.07) is 20.5. The SMILES string of the molecule is N#CCCn1cc(C(=O)COC(=O)c2cccc(-n3cccc3)c2)c2ccccc21. The molecule has 0 aliphatic carbocycles. The molecule has 4 aromatic rings. The first-order valence-corrected chi connectivity index (χ1v) is 9.56. The molecule has 0 aliphatic heterocycles. The quantitative estimate of drug-likeness (QED) is 0.342. The van der Waals surface area contributed by atoms with Gasteiger partial charge in [-0.3, -0.25) is 4.79 Å². The van der Waals surface area contributed by atoms with Crippen LogP contribution in [0.5, 0.6) is 0 Å². The van der Waals surface area contributed by atoms with Crippen LogP contribution in [-0.4, -0.2) is 27.5 Å². The Morgan fingerprint density at radius 3 is 2.60 bits per heavy atom. The number of esters is 1. The average molecular weight is 397 g/mol. The standard InChI is InChI=1S/C24H19N3O3/c25-11-6-14-27-16-21(20-9-1-2-10-22(20)27)23(28)17-30-24(29)18-7-5-8-19(15-18)26-12-3-4-13-26/h1-5,7-10,12-13,15-16H,6,14,17H2. The molecule has 148 valence electrons. The van der Waals surface area contributed by atoms with Gasteiger partial charge < -0.3 is 13.9 Å². The molecule has 4 rings (SSSR count). The molecule has 0 spiro atoms. The molecule has 0 unspecified atom stereocenters. The second kappa shape index (κ2) is 8.50. The molecular formula is C24H19N3O3. The van der Waals surface area contributed by atoms with E-state index in [1.165, 1.54) is 0 Å². The number of fused-ring (bicyclic) bond motifs is 1. The van der Waals surface area contributed by atoms with Gasteiger partial charge in [-0.05, 0) is 36.4 Å². The van der Waals surface area contributed by atoms with Gasteiger partial charge in [0.2, 0.25) is 5.78 Å². The summed E-state index contributed by atoms with van der Waals surface area (Å²) in [5, 5.41) is 9.64. The van der Waals surface area contributed by atoms with Crippen LogP contribution in [-0.2, 0) is 11.3 Å². The summed E-state index contributed by atoms with van der Waals surface area (Å²) in [7, 11) is 0. The molecule has 0 radical (unpaired) electrons. The van der Waals surface area contributed by atoms with Crippen LogP contribution in [0.15, 0.2) is 79.3 Å². The van der Waals surface area contributed by atoms with Crippen LogP contribution >= 0.6 is 0 Å². The number of ether oxygens (including phenoxy) is 1. The first kappa shape index (κ1) is 19.2. The minimum atomic E-state index is -0.550. The van der Waals surface area contributed by atoms with Crippen molar-refractivity contribution in [3.8, 4) is 11.8 Å². The number of nitriles is 1. The first-order chi connectivity index (χ1) is 14.7. The topological polar surface area (TPSA) is 77.0 Å². The summed E-state index contributed by atoms with van der Waals surface area (Å²) in [4.78, 5) is 25.3. The monoisotopic (exact) mass is 397 g/mol. The fraction of sp³-hybridized carbons (Fsp3) is 0.125. The highest BCUT2D eigenvalue weighted by Gasteiger charge is 2.17. The van der Waals surface area contributed by atoms with Crippen LogP contribution in [0, 0.1) is 11.3 Å². The minimum absolute atomic E-state index is 0.281. The Balaban J connectivity index is 1.49. The van der Waals surface area contributed by atoms with Gasteiger partial charge in [0, 0.05) is 47.3 Å². The summed E-state index contributed by atoms with van der Waals surface area (Å²) in [5.41, 5.74) is 2.58. The summed E-state index contributed by atoms with van der Waals surface area (Å²) in [6.07, 6.45) is 5.84. The number of aromatic nitrogens is 2. The van der Waals surface area contributed by atoms with Crippen LogP contribution in [0.4, 0.5) is 0 Å². The van der Waals surface area contributed by atoms with Crippen molar-refractivity contribution < 1.29 is 14.3 Å². The second-order valence-corrected chi connectivity index (χ2v) is 6.80. The lowest BCUT2D eigenvalue weighted by atomic mass is 10.1. The van der Waals surface area contributed by atoms with E-state index < -0.39 is 5.97 Å². The Morgan fingerprint density at radius 2 is 1.80 bits per heavy atom. The van der Waals surface area contributed by atoms with Gasteiger partial charge in [-0.15, -0.1) is 0 Å². The zero-order valence-corrected chi connectivity index (χ0v) is 16.2. The van der Waals surface area contributed by atoms with Crippen molar-refractivity contribution in [3.63, 3.8) is 0 Å². The molecule has 0 atom stereocenters. The van der Waals surface area contributed by atoms with E-state index in [1.807, 2.05) is 64.0 Å². The van der Waals surface area contributed by atoms with Crippen molar-refractivity contribution in [2.24, 2.45) is 0 Å². The maximum Gasteiger partial charge on any atom is 0.338 e. The lowest BCUT2D eigenvalue weighted by Crippen LogP contribution is -2.14. The van der Waals surface area contributed by atoms with Crippen LogP contribution in [0.1, 0.15) is 27.1 Å². The summed E-state index contributed by atoms with van der Waals surface area (Å²) in [5.74, 6) is -0.831. The van der Waals surface area contributed by atoms with Gasteiger partial charge in [-0.1, -0.05) is 24.3 Å². The number of nitrogens with zero attached hydrogens (tertiary/aromatic N) is 3. The van der Waals surface area contributed by atoms with Gasteiger partial charge in [-0.25, -0.2) is 4.79 Å². The van der Waals surface area contributed by atoms with Gasteiger partial charge in [-0.2, -0.15) is 5.26 Å². The van der Waals surface area contributed by atoms with Gasteiger partial charge in [0.05, 0.1) is 18.1 Å². The Labute approximate surface area is 173 Å². The van der Waals surface area contributed by atoms with Crippen LogP contribution < -0.4 is 0 Å². The van der Waals surface area contributed by atoms with Crippen molar-refractivity contribution in [1.82, 2.24) is 9.13 Å². The molecule has 0 aliphatic rings. The number of ketones is 1. The molecule has 0 saturated heterocycles. The Hall–Kier alpha value is -4.11. The smallest absolute Gasteiger partial charge is 0.338 e. The number of hydrogen-bond donors (Lipinski definition) is 0. The Kier molecular flexibility index (Phi) is 5.44. The van der Waals surface area contributed by atoms with Crippen molar-refractivity contribution >= 4 is 22.7 Å². The maximum absolute atomic E-state index is 12.8. The van der Waals surface area contributed by atoms with Crippen molar-refractivity contribution in [1.29, 1.82) is 5.26 Å². The zero-order chi connectivity index (χ0) is 20.9. The number of rotatable bonds is 7. The van der Waals surface area contributed by atoms with Crippen molar-refractivity contribution in [2.45, 2.75) is 13.0 Å². The highest BCUT2D eigenvalue weighted by atomic mass is 16.5. The summed E-state index contributed by atoms with van der Waals surface area (Å²) in [6.45, 7) is 0.148. The fourth-order valence-corrected chi connectivity index (χ4v) is 3.42. The fourth-order valence-electron chi connectivity index (χ4n) is 3.42. The Bertz CT molecular complexity index is 1250. The number of Topliss-reactive ketones (excluding diaryl/α,β-unsaturated/α-hetero) is 1. The maximum atomic E-state index is 12.8. The van der Waals surface area contributed by atoms with E-state index in [9.17, 15) is 9.59 Å². The molecule has 2 heterocycles. The number of para-hydroxylation sites is 1. The van der Waals surface area contributed by atoms with E-state index in [2.05, 4.69) is 6.07 Å². The number of carbonyl (C=O) groups excluding carboxylic acids is 2. The van der Waals surface area contributed by atoms with E-state index >= 15 is 0 Å². The molecular weight excluding hydrogens is 378 g/mol. The number of aryl methyl sites for hydroxylation is 1. The number of benzene rings is 2. The van der Waals surface area contributed by atoms with Gasteiger partial charge >= 0.3 is 5.97 Å². The van der Waals surface area contributed by atoms with Crippen LogP contribution in [0.3, 0.4) is 0 Å². The van der Waals surface area contributed by atoms with Crippen molar-refractivity contribution in [3.05, 3.63) is 90.4 Å². The van der Waals surface area contributed by atoms with E-state index in [0.29, 0.717) is 24.1 Å². The number of carbonyl (C=O) groups is 2. The molecule has 0 fully saturated rings. The molecule has 2 aromatic carbocycles. The predicted octanol–water partition coefficient (Wildman–Crippen LogP) is 4.39. The van der Waals surface area contributed by atoms with Crippen LogP contribution in [0.2, 0.25) is 0 Å². The van der Waals surface area contributed by atoms with Gasteiger partial charge in [0.25, 0.3) is 0 Å². The third-order valence-corrected chi connectivity index (χ3v) is 4.87. The third kappa shape index (κ3) is 3.87. The minimum Gasteiger partial charge on any atom is -0.454 e. The molecule has 0 bridgehead atoms. The molecule has 0 N–H and O–H groups in total. The van der Waals surface area contributed by atoms with Crippen molar-refractivity contribution in [2.75, 3.05) is 6.61 Å². The largest absolute Gasteiger partial charge is 0.454 e. The third-order valence-electron chi connectivity index (χ3n) is 4.87. The zero-order valence-electron chi connectivity index (χ0n) is 16.2. The van der Waals surface area contributed by atoms with E-state index in [1.54, 1.807) is 24.4 Å². The average Bonchev–Trinajstić information content (AvgIpc) is 3.44. The van der Waals surface area contributed by atoms with E-state index in [0.717, 1.165) is 16.6 Å². The normalized spacial score (nSPS) is 10.6. The second-order valence-electron chi connectivity index (χ2n) is 6.80. The highest BCUT2D eigenvalue weighted by Crippen LogP contribution is 2.22. The molecule has 30 heavy (non-hydrogen) atoms. The Morgan fingerprint density at radius 1 is 1.00 bits per heavy atom. The van der Waals surface area contributed by atoms with Gasteiger partial charge in [0.1, 0.15) is 0 Å². The number of hydrogen-bond acceptors (Lipinski definition) is 4. The van der Waals surface area contributed by atoms with Gasteiger partial charge in [0.15, 0.2) is 6.61 Å². The summed E-state index contributed by atoms with van der Waals surface area (Å²) < 4.78 is 9.07. The molecule has 0 amide bonds. The highest BCUT2D eigenvalue weighted by molar-refractivity contribution is 6.09. The van der Waals surface area contributed by atoms with Crippen LogP contribution in [0.25, 0.3) is 16.6 Å². The van der Waals surface area contributed by atoms with E-state index in [-0.39, 0.29) is 12.4 Å². The molecule has 0 saturated carbocycles.